The lowest BCUT2D eigenvalue weighted by Crippen LogP contribution is -2.24. The second kappa shape index (κ2) is 13.5. The minimum atomic E-state index is -0.877. The number of anilines is 2. The first-order valence-electron chi connectivity index (χ1n) is 16.7. The summed E-state index contributed by atoms with van der Waals surface area (Å²) in [5.74, 6) is -4.65. The first-order chi connectivity index (χ1) is 25.4. The number of ketones is 2. The highest BCUT2D eigenvalue weighted by molar-refractivity contribution is 6.35. The molecule has 0 unspecified atom stereocenters. The van der Waals surface area contributed by atoms with Crippen molar-refractivity contribution in [2.75, 3.05) is 10.6 Å². The number of carbonyl (C=O) groups excluding carboxylic acids is 2. The van der Waals surface area contributed by atoms with Crippen molar-refractivity contribution < 1.29 is 30.0 Å². The lowest BCUT2D eigenvalue weighted by atomic mass is 9.75. The summed E-state index contributed by atoms with van der Waals surface area (Å²) in [5, 5.41) is 52.0. The number of H-pyrrole nitrogens is 4. The van der Waals surface area contributed by atoms with Gasteiger partial charge in [0.25, 0.3) is 11.1 Å². The van der Waals surface area contributed by atoms with Crippen molar-refractivity contribution in [3.63, 3.8) is 0 Å². The molecule has 2 aliphatic carbocycles. The van der Waals surface area contributed by atoms with Gasteiger partial charge in [-0.1, -0.05) is 39.8 Å². The van der Waals surface area contributed by atoms with E-state index in [0.29, 0.717) is 22.3 Å². The summed E-state index contributed by atoms with van der Waals surface area (Å²) < 4.78 is 0. The quantitative estimate of drug-likeness (QED) is 0.120. The number of hydrogen-bond donors (Lipinski definition) is 10. The van der Waals surface area contributed by atoms with Crippen molar-refractivity contribution in [2.45, 2.75) is 41.5 Å². The van der Waals surface area contributed by atoms with Crippen molar-refractivity contribution in [1.29, 1.82) is 0 Å². The summed E-state index contributed by atoms with van der Waals surface area (Å²) in [7, 11) is 0. The minimum absolute atomic E-state index is 0.0295. The molecule has 10 N–H and O–H groups in total. The van der Waals surface area contributed by atoms with Gasteiger partial charge < -0.3 is 41.0 Å². The van der Waals surface area contributed by atoms with Crippen LogP contribution in [-0.4, -0.2) is 51.9 Å². The summed E-state index contributed by atoms with van der Waals surface area (Å²) in [6.07, 6.45) is 4.40. The Labute approximate surface area is 305 Å². The normalized spacial score (nSPS) is 15.8. The van der Waals surface area contributed by atoms with Crippen molar-refractivity contribution in [3.8, 4) is 22.6 Å². The number of nitrogens with one attached hydrogen (secondary N) is 6. The van der Waals surface area contributed by atoms with E-state index in [1.165, 1.54) is 0 Å². The van der Waals surface area contributed by atoms with Crippen LogP contribution in [0.25, 0.3) is 33.4 Å². The smallest absolute Gasteiger partial charge is 0.325 e. The molecular formula is C38H36N6O10. The summed E-state index contributed by atoms with van der Waals surface area (Å²) >= 11 is 0. The van der Waals surface area contributed by atoms with Crippen molar-refractivity contribution in [1.82, 2.24) is 19.9 Å². The van der Waals surface area contributed by atoms with E-state index >= 15 is 0 Å². The van der Waals surface area contributed by atoms with E-state index in [2.05, 4.69) is 30.6 Å². The van der Waals surface area contributed by atoms with Crippen LogP contribution >= 0.6 is 0 Å². The summed E-state index contributed by atoms with van der Waals surface area (Å²) in [6, 6.07) is 3.27. The zero-order valence-corrected chi connectivity index (χ0v) is 29.9. The maximum Gasteiger partial charge on any atom is 0.325 e. The molecule has 0 amide bonds. The molecule has 2 aliphatic rings. The van der Waals surface area contributed by atoms with Crippen LogP contribution in [0, 0.1) is 25.7 Å². The van der Waals surface area contributed by atoms with E-state index in [1.54, 1.807) is 53.7 Å². The zero-order valence-electron chi connectivity index (χ0n) is 29.9. The number of aliphatic hydroxyl groups is 2. The average molecular weight is 737 g/mol. The number of phenols is 2. The van der Waals surface area contributed by atoms with Gasteiger partial charge in [0.15, 0.2) is 11.5 Å². The third-order valence-corrected chi connectivity index (χ3v) is 9.33. The first kappa shape index (κ1) is 36.7. The molecule has 0 bridgehead atoms. The SMILES string of the molecule is Cc1cc2c(c(O)c1-c1c(C)cc3c(c1O)/C(=C/Nc1c[nH]c(=O)[nH]c1=O)C(=O)C(O)=C3C(C)C)/C(=C/Nc1c[nH]c(=O)[nH]c1=O)C(=O)C(O)=C2C(C)C. The molecule has 2 heterocycles. The van der Waals surface area contributed by atoms with E-state index in [9.17, 15) is 49.2 Å². The highest BCUT2D eigenvalue weighted by Gasteiger charge is 2.38. The van der Waals surface area contributed by atoms with Crippen LogP contribution in [0.3, 0.4) is 0 Å². The summed E-state index contributed by atoms with van der Waals surface area (Å²) in [5.41, 5.74) is -1.93. The lowest BCUT2D eigenvalue weighted by molar-refractivity contribution is -0.113. The van der Waals surface area contributed by atoms with Crippen molar-refractivity contribution in [3.05, 3.63) is 124 Å². The van der Waals surface area contributed by atoms with Gasteiger partial charge in [-0.05, 0) is 47.9 Å². The molecule has 2 aromatic heterocycles. The van der Waals surface area contributed by atoms with Gasteiger partial charge in [-0.15, -0.1) is 0 Å². The fourth-order valence-corrected chi connectivity index (χ4v) is 6.96. The van der Waals surface area contributed by atoms with Crippen LogP contribution in [-0.2, 0) is 9.59 Å². The Morgan fingerprint density at radius 3 is 1.24 bits per heavy atom. The fraction of sp³-hybridized carbons (Fsp3) is 0.211. The van der Waals surface area contributed by atoms with E-state index in [0.717, 1.165) is 24.8 Å². The molecular weight excluding hydrogens is 700 g/mol. The Balaban J connectivity index is 1.64. The number of phenolic OH excluding ortho intramolecular Hbond substituents is 2. The molecule has 16 heteroatoms. The summed E-state index contributed by atoms with van der Waals surface area (Å²) in [4.78, 5) is 84.2. The molecule has 0 atom stereocenters. The summed E-state index contributed by atoms with van der Waals surface area (Å²) in [6.45, 7) is 10.3. The second-order valence-electron chi connectivity index (χ2n) is 13.5. The highest BCUT2D eigenvalue weighted by Crippen LogP contribution is 2.53. The van der Waals surface area contributed by atoms with Gasteiger partial charge >= 0.3 is 11.4 Å². The number of carbonyl (C=O) groups is 2. The Bertz CT molecular complexity index is 2510. The maximum absolute atomic E-state index is 13.8. The zero-order chi connectivity index (χ0) is 39.5. The topological polar surface area (TPSA) is 271 Å². The number of aromatic nitrogens is 4. The third kappa shape index (κ3) is 5.92. The minimum Gasteiger partial charge on any atom is -0.507 e. The van der Waals surface area contributed by atoms with Crippen LogP contribution in [0.4, 0.5) is 11.4 Å². The van der Waals surface area contributed by atoms with Gasteiger partial charge in [0, 0.05) is 58.2 Å². The molecule has 0 fully saturated rings. The Morgan fingerprint density at radius 1 is 0.574 bits per heavy atom. The largest absolute Gasteiger partial charge is 0.507 e. The molecule has 2 aromatic carbocycles. The molecule has 6 rings (SSSR count). The molecule has 0 saturated heterocycles. The standard InChI is InChI=1S/C38H36N6O10/c1-13(2)23-17-7-15(5)25(31(47)27(17)19(29(45)33(23)49)9-39-21-11-41-37(53)43-35(21)51)26-16(6)8-18-24(14(3)4)34(50)30(46)20(28(18)32(26)48)10-40-22-12-42-38(54)44-36(22)52/h7-14,39-40,47-50H,1-6H3,(H2,41,43,51,53)(H2,42,44,52,54)/b19-9-,20-10-. The van der Waals surface area contributed by atoms with Gasteiger partial charge in [0.1, 0.15) is 22.9 Å². The van der Waals surface area contributed by atoms with Crippen LogP contribution in [0.15, 0.2) is 67.6 Å². The van der Waals surface area contributed by atoms with E-state index in [-0.39, 0.29) is 55.9 Å². The highest BCUT2D eigenvalue weighted by atomic mass is 16.3. The Kier molecular flexibility index (Phi) is 9.15. The van der Waals surface area contributed by atoms with Crippen molar-refractivity contribution >= 4 is 45.2 Å². The van der Waals surface area contributed by atoms with Gasteiger partial charge in [0.05, 0.1) is 11.1 Å². The maximum atomic E-state index is 13.8. The molecule has 0 radical (unpaired) electrons. The van der Waals surface area contributed by atoms with Gasteiger partial charge in [-0.3, -0.25) is 29.1 Å². The molecule has 278 valence electrons. The number of aryl methyl sites for hydroxylation is 2. The number of Topliss-reactive ketones (excluding diaryl/α,β-unsaturated/α-hetero) is 2. The van der Waals surface area contributed by atoms with Gasteiger partial charge in [-0.2, -0.15) is 0 Å². The molecule has 16 nitrogen and oxygen atoms in total. The van der Waals surface area contributed by atoms with Gasteiger partial charge in [0.2, 0.25) is 11.6 Å². The molecule has 0 saturated carbocycles. The Morgan fingerprint density at radius 2 is 0.926 bits per heavy atom. The predicted octanol–water partition coefficient (Wildman–Crippen LogP) is 4.06. The number of hydrogen-bond acceptors (Lipinski definition) is 12. The van der Waals surface area contributed by atoms with Crippen LogP contribution in [0.2, 0.25) is 0 Å². The Hall–Kier alpha value is -7.10. The van der Waals surface area contributed by atoms with E-state index < -0.39 is 68.9 Å². The van der Waals surface area contributed by atoms with Crippen LogP contribution in [0.1, 0.15) is 61.1 Å². The third-order valence-electron chi connectivity index (χ3n) is 9.33. The van der Waals surface area contributed by atoms with Crippen molar-refractivity contribution in [2.24, 2.45) is 11.8 Å². The lowest BCUT2D eigenvalue weighted by Gasteiger charge is -2.29. The predicted molar refractivity (Wildman–Crippen MR) is 202 cm³/mol. The number of allylic oxidation sites excluding steroid dienone is 4. The fourth-order valence-electron chi connectivity index (χ4n) is 6.96. The van der Waals surface area contributed by atoms with Gasteiger partial charge in [-0.25, -0.2) is 9.59 Å². The first-order valence-corrected chi connectivity index (χ1v) is 16.7. The number of fused-ring (bicyclic) bond motifs is 2. The molecule has 0 aliphatic heterocycles. The number of benzene rings is 2. The number of aromatic hydroxyl groups is 2. The number of rotatable bonds is 7. The molecule has 4 aromatic rings. The monoisotopic (exact) mass is 736 g/mol. The molecule has 0 spiro atoms. The van der Waals surface area contributed by atoms with E-state index in [1.807, 2.05) is 0 Å². The molecule has 54 heavy (non-hydrogen) atoms. The number of aromatic amines is 4. The average Bonchev–Trinajstić information content (AvgIpc) is 3.08. The van der Waals surface area contributed by atoms with E-state index in [4.69, 9.17) is 0 Å². The second-order valence-corrected chi connectivity index (χ2v) is 13.5. The van der Waals surface area contributed by atoms with Crippen LogP contribution in [0.5, 0.6) is 11.5 Å². The van der Waals surface area contributed by atoms with Crippen LogP contribution < -0.4 is 33.1 Å². The number of aliphatic hydroxyl groups excluding tert-OH is 2.